The van der Waals surface area contributed by atoms with Crippen LogP contribution in [0.3, 0.4) is 0 Å². The van der Waals surface area contributed by atoms with Crippen molar-refractivity contribution < 1.29 is 4.74 Å². The fourth-order valence-corrected chi connectivity index (χ4v) is 3.60. The van der Waals surface area contributed by atoms with Crippen LogP contribution in [0.1, 0.15) is 39.5 Å². The molecule has 2 heterocycles. The summed E-state index contributed by atoms with van der Waals surface area (Å²) in [7, 11) is 1.84. The molecule has 100 valence electrons. The monoisotopic (exact) mass is 240 g/mol. The summed E-state index contributed by atoms with van der Waals surface area (Å²) in [6.07, 6.45) is 5.30. The van der Waals surface area contributed by atoms with Gasteiger partial charge in [-0.2, -0.15) is 0 Å². The van der Waals surface area contributed by atoms with Crippen molar-refractivity contribution >= 4 is 0 Å². The van der Waals surface area contributed by atoms with Gasteiger partial charge < -0.3 is 15.0 Å². The molecular weight excluding hydrogens is 212 g/mol. The van der Waals surface area contributed by atoms with Crippen LogP contribution >= 0.6 is 0 Å². The summed E-state index contributed by atoms with van der Waals surface area (Å²) in [6.45, 7) is 9.19. The molecule has 0 aromatic rings. The molecule has 0 saturated carbocycles. The van der Waals surface area contributed by atoms with Crippen LogP contribution in [0.2, 0.25) is 0 Å². The van der Waals surface area contributed by atoms with E-state index in [1.807, 2.05) is 7.11 Å². The van der Waals surface area contributed by atoms with Gasteiger partial charge in [-0.1, -0.05) is 0 Å². The largest absolute Gasteiger partial charge is 0.383 e. The minimum Gasteiger partial charge on any atom is -0.383 e. The zero-order chi connectivity index (χ0) is 12.3. The highest BCUT2D eigenvalue weighted by atomic mass is 16.5. The molecular formula is C14H28N2O. The van der Waals surface area contributed by atoms with Crippen LogP contribution in [0.25, 0.3) is 0 Å². The summed E-state index contributed by atoms with van der Waals surface area (Å²) in [5, 5.41) is 3.75. The van der Waals surface area contributed by atoms with Gasteiger partial charge in [0.25, 0.3) is 0 Å². The molecule has 0 amide bonds. The maximum absolute atomic E-state index is 5.50. The van der Waals surface area contributed by atoms with Crippen LogP contribution in [0.15, 0.2) is 0 Å². The third-order valence-electron chi connectivity index (χ3n) is 4.64. The number of rotatable bonds is 4. The molecule has 2 aliphatic heterocycles. The Hall–Kier alpha value is -0.120. The lowest BCUT2D eigenvalue weighted by molar-refractivity contribution is 0.0321. The minimum atomic E-state index is 0.266. The second kappa shape index (κ2) is 5.68. The number of ether oxygens (including phenoxy) is 1. The van der Waals surface area contributed by atoms with Crippen LogP contribution < -0.4 is 5.32 Å². The fourth-order valence-electron chi connectivity index (χ4n) is 3.60. The van der Waals surface area contributed by atoms with E-state index in [1.54, 1.807) is 0 Å². The lowest BCUT2D eigenvalue weighted by Crippen LogP contribution is -2.56. The lowest BCUT2D eigenvalue weighted by Gasteiger charge is -2.44. The number of likely N-dealkylation sites (tertiary alicyclic amines) is 1. The van der Waals surface area contributed by atoms with E-state index in [0.29, 0.717) is 6.04 Å². The van der Waals surface area contributed by atoms with E-state index in [0.717, 1.165) is 12.5 Å². The van der Waals surface area contributed by atoms with Crippen molar-refractivity contribution in [3.05, 3.63) is 0 Å². The van der Waals surface area contributed by atoms with Crippen LogP contribution in [0, 0.1) is 5.92 Å². The SMILES string of the molecule is COCC1(C2CCCN(C(C)C)C2)CCCN1. The number of nitrogens with one attached hydrogen (secondary N) is 1. The van der Waals surface area contributed by atoms with Gasteiger partial charge in [0.1, 0.15) is 0 Å². The van der Waals surface area contributed by atoms with E-state index in [9.17, 15) is 0 Å². The number of methoxy groups -OCH3 is 1. The minimum absolute atomic E-state index is 0.266. The molecule has 2 unspecified atom stereocenters. The number of hydrogen-bond acceptors (Lipinski definition) is 3. The number of nitrogens with zero attached hydrogens (tertiary/aromatic N) is 1. The standard InChI is InChI=1S/C14H28N2O/c1-12(2)16-9-4-6-13(10-16)14(11-17-3)7-5-8-15-14/h12-13,15H,4-11H2,1-3H3. The van der Waals surface area contributed by atoms with Crippen molar-refractivity contribution in [3.63, 3.8) is 0 Å². The van der Waals surface area contributed by atoms with Gasteiger partial charge in [-0.05, 0) is 58.5 Å². The summed E-state index contributed by atoms with van der Waals surface area (Å²) < 4.78 is 5.50. The van der Waals surface area contributed by atoms with Gasteiger partial charge >= 0.3 is 0 Å². The molecule has 0 bridgehead atoms. The highest BCUT2D eigenvalue weighted by Gasteiger charge is 2.42. The van der Waals surface area contributed by atoms with Gasteiger partial charge in [-0.25, -0.2) is 0 Å². The molecule has 0 spiro atoms. The van der Waals surface area contributed by atoms with E-state index in [-0.39, 0.29) is 5.54 Å². The van der Waals surface area contributed by atoms with Crippen molar-refractivity contribution in [2.24, 2.45) is 5.92 Å². The van der Waals surface area contributed by atoms with E-state index >= 15 is 0 Å². The van der Waals surface area contributed by atoms with Gasteiger partial charge in [0.2, 0.25) is 0 Å². The molecule has 2 atom stereocenters. The molecule has 17 heavy (non-hydrogen) atoms. The Morgan fingerprint density at radius 1 is 1.41 bits per heavy atom. The maximum Gasteiger partial charge on any atom is 0.0647 e. The third-order valence-corrected chi connectivity index (χ3v) is 4.64. The number of hydrogen-bond donors (Lipinski definition) is 1. The Balaban J connectivity index is 2.03. The number of piperidine rings is 1. The first kappa shape index (κ1) is 13.3. The quantitative estimate of drug-likeness (QED) is 0.812. The van der Waals surface area contributed by atoms with Crippen molar-refractivity contribution in [2.45, 2.75) is 51.1 Å². The molecule has 0 aromatic heterocycles. The zero-order valence-corrected chi connectivity index (χ0v) is 11.7. The predicted molar refractivity (Wildman–Crippen MR) is 71.3 cm³/mol. The third kappa shape index (κ3) is 2.83. The molecule has 0 aliphatic carbocycles. The van der Waals surface area contributed by atoms with Gasteiger partial charge in [-0.15, -0.1) is 0 Å². The topological polar surface area (TPSA) is 24.5 Å². The average Bonchev–Trinajstić information content (AvgIpc) is 2.80. The Morgan fingerprint density at radius 3 is 2.82 bits per heavy atom. The van der Waals surface area contributed by atoms with Gasteiger partial charge in [-0.3, -0.25) is 0 Å². The van der Waals surface area contributed by atoms with Crippen LogP contribution in [-0.2, 0) is 4.74 Å². The van der Waals surface area contributed by atoms with E-state index in [4.69, 9.17) is 4.74 Å². The molecule has 2 rings (SSSR count). The van der Waals surface area contributed by atoms with Crippen molar-refractivity contribution in [1.82, 2.24) is 10.2 Å². The molecule has 1 N–H and O–H groups in total. The Labute approximate surface area is 106 Å². The molecule has 2 aliphatic rings. The lowest BCUT2D eigenvalue weighted by atomic mass is 9.78. The smallest absolute Gasteiger partial charge is 0.0647 e. The Kier molecular flexibility index (Phi) is 4.45. The molecule has 2 saturated heterocycles. The average molecular weight is 240 g/mol. The summed E-state index contributed by atoms with van der Waals surface area (Å²) in [5.41, 5.74) is 0.266. The summed E-state index contributed by atoms with van der Waals surface area (Å²) in [5.74, 6) is 0.765. The summed E-state index contributed by atoms with van der Waals surface area (Å²) >= 11 is 0. The normalized spacial score (nSPS) is 35.6. The van der Waals surface area contributed by atoms with Crippen molar-refractivity contribution in [2.75, 3.05) is 33.4 Å². The Bertz CT molecular complexity index is 236. The van der Waals surface area contributed by atoms with Crippen molar-refractivity contribution in [3.8, 4) is 0 Å². The first-order valence-corrected chi connectivity index (χ1v) is 7.16. The highest BCUT2D eigenvalue weighted by Crippen LogP contribution is 2.34. The van der Waals surface area contributed by atoms with Crippen LogP contribution in [0.5, 0.6) is 0 Å². The Morgan fingerprint density at radius 2 is 2.24 bits per heavy atom. The second-order valence-electron chi connectivity index (χ2n) is 6.05. The van der Waals surface area contributed by atoms with Gasteiger partial charge in [0.15, 0.2) is 0 Å². The summed E-state index contributed by atoms with van der Waals surface area (Å²) in [6, 6.07) is 0.679. The molecule has 0 aromatic carbocycles. The van der Waals surface area contributed by atoms with Crippen LogP contribution in [-0.4, -0.2) is 49.8 Å². The second-order valence-corrected chi connectivity index (χ2v) is 6.05. The van der Waals surface area contributed by atoms with E-state index in [1.165, 1.54) is 45.3 Å². The highest BCUT2D eigenvalue weighted by molar-refractivity contribution is 5.00. The van der Waals surface area contributed by atoms with Gasteiger partial charge in [0, 0.05) is 25.2 Å². The molecule has 3 nitrogen and oxygen atoms in total. The first-order chi connectivity index (χ1) is 8.18. The van der Waals surface area contributed by atoms with Gasteiger partial charge in [0.05, 0.1) is 6.61 Å². The summed E-state index contributed by atoms with van der Waals surface area (Å²) in [4.78, 5) is 2.63. The predicted octanol–water partition coefficient (Wildman–Crippen LogP) is 1.88. The van der Waals surface area contributed by atoms with E-state index in [2.05, 4.69) is 24.1 Å². The zero-order valence-electron chi connectivity index (χ0n) is 11.7. The van der Waals surface area contributed by atoms with Crippen molar-refractivity contribution in [1.29, 1.82) is 0 Å². The van der Waals surface area contributed by atoms with E-state index < -0.39 is 0 Å². The first-order valence-electron chi connectivity index (χ1n) is 7.16. The maximum atomic E-state index is 5.50. The molecule has 2 fully saturated rings. The molecule has 0 radical (unpaired) electrons. The fraction of sp³-hybridized carbons (Fsp3) is 1.00. The molecule has 3 heteroatoms. The van der Waals surface area contributed by atoms with Crippen LogP contribution in [0.4, 0.5) is 0 Å².